The minimum Gasteiger partial charge on any atom is -0.452 e. The summed E-state index contributed by atoms with van der Waals surface area (Å²) in [5.74, 6) is -1.00. The maximum atomic E-state index is 13.0. The Bertz CT molecular complexity index is 1270. The van der Waals surface area contributed by atoms with Crippen LogP contribution in [0, 0.1) is 31.1 Å². The van der Waals surface area contributed by atoms with E-state index >= 15 is 0 Å². The highest BCUT2D eigenvalue weighted by atomic mass is 32.1. The number of anilines is 2. The van der Waals surface area contributed by atoms with Gasteiger partial charge in [-0.25, -0.2) is 4.79 Å². The number of amides is 2. The molecular formula is C24H21N3O5S. The van der Waals surface area contributed by atoms with Crippen LogP contribution in [0.25, 0.3) is 11.1 Å². The van der Waals surface area contributed by atoms with Gasteiger partial charge in [0.1, 0.15) is 28.0 Å². The van der Waals surface area contributed by atoms with E-state index < -0.39 is 18.5 Å². The molecule has 2 heterocycles. The highest BCUT2D eigenvalue weighted by Gasteiger charge is 2.32. The lowest BCUT2D eigenvalue weighted by molar-refractivity contribution is -0.119. The number of nitriles is 1. The highest BCUT2D eigenvalue weighted by Crippen LogP contribution is 2.38. The number of nitrogens with one attached hydrogen (secondary N) is 2. The molecule has 0 radical (unpaired) electrons. The van der Waals surface area contributed by atoms with E-state index in [1.165, 1.54) is 11.3 Å². The van der Waals surface area contributed by atoms with Crippen LogP contribution in [0.1, 0.15) is 40.1 Å². The zero-order valence-corrected chi connectivity index (χ0v) is 18.9. The topological polar surface area (TPSA) is 121 Å². The van der Waals surface area contributed by atoms with Crippen molar-refractivity contribution in [3.63, 3.8) is 0 Å². The van der Waals surface area contributed by atoms with Crippen LogP contribution in [-0.4, -0.2) is 24.4 Å². The van der Waals surface area contributed by atoms with E-state index in [0.29, 0.717) is 21.9 Å². The largest absolute Gasteiger partial charge is 0.452 e. The standard InChI is InChI=1S/C24H21N3O5S/c1-13-14(2)32-22(17(13)10-25)26-19(28)11-31-24(30)20-18(15-6-4-3-5-7-15)12-33-23(20)27-21(29)16-8-9-16/h3-7,12,16H,8-9,11H2,1-2H3,(H,26,28)(H,27,29). The summed E-state index contributed by atoms with van der Waals surface area (Å²) in [6.07, 6.45) is 1.66. The minimum absolute atomic E-state index is 0.0199. The molecule has 0 spiro atoms. The second-order valence-electron chi connectivity index (χ2n) is 7.71. The molecule has 1 aliphatic rings. The van der Waals surface area contributed by atoms with E-state index in [9.17, 15) is 19.6 Å². The number of aryl methyl sites for hydroxylation is 1. The van der Waals surface area contributed by atoms with Crippen molar-refractivity contribution in [3.05, 3.63) is 58.2 Å². The Morgan fingerprint density at radius 1 is 1.18 bits per heavy atom. The molecule has 0 saturated heterocycles. The Kier molecular flexibility index (Phi) is 6.29. The third kappa shape index (κ3) is 4.81. The van der Waals surface area contributed by atoms with Crippen LogP contribution in [-0.2, 0) is 14.3 Å². The van der Waals surface area contributed by atoms with Crippen molar-refractivity contribution < 1.29 is 23.5 Å². The smallest absolute Gasteiger partial charge is 0.342 e. The van der Waals surface area contributed by atoms with Gasteiger partial charge in [0.2, 0.25) is 11.8 Å². The van der Waals surface area contributed by atoms with Crippen LogP contribution in [0.2, 0.25) is 0 Å². The van der Waals surface area contributed by atoms with Crippen molar-refractivity contribution >= 4 is 40.0 Å². The van der Waals surface area contributed by atoms with E-state index in [0.717, 1.165) is 18.4 Å². The molecule has 0 unspecified atom stereocenters. The van der Waals surface area contributed by atoms with Crippen molar-refractivity contribution in [2.75, 3.05) is 17.2 Å². The summed E-state index contributed by atoms with van der Waals surface area (Å²) < 4.78 is 10.7. The summed E-state index contributed by atoms with van der Waals surface area (Å²) in [7, 11) is 0. The predicted octanol–water partition coefficient (Wildman–Crippen LogP) is 4.64. The van der Waals surface area contributed by atoms with E-state index in [4.69, 9.17) is 9.15 Å². The third-order valence-corrected chi connectivity index (χ3v) is 6.24. The quantitative estimate of drug-likeness (QED) is 0.492. The SMILES string of the molecule is Cc1oc(NC(=O)COC(=O)c2c(-c3ccccc3)csc2NC(=O)C2CC2)c(C#N)c1C. The number of thiophene rings is 1. The number of hydrogen-bond donors (Lipinski definition) is 2. The van der Waals surface area contributed by atoms with Gasteiger partial charge in [-0.05, 0) is 32.3 Å². The Morgan fingerprint density at radius 2 is 1.91 bits per heavy atom. The molecule has 0 aliphatic heterocycles. The van der Waals surface area contributed by atoms with Crippen molar-refractivity contribution in [1.29, 1.82) is 5.26 Å². The first kappa shape index (κ1) is 22.3. The molecule has 1 fully saturated rings. The number of ether oxygens (including phenoxy) is 1. The molecule has 0 atom stereocenters. The fraction of sp³-hybridized carbons (Fsp3) is 0.250. The van der Waals surface area contributed by atoms with Gasteiger partial charge in [-0.3, -0.25) is 14.9 Å². The minimum atomic E-state index is -0.733. The summed E-state index contributed by atoms with van der Waals surface area (Å²) in [5.41, 5.74) is 2.46. The molecule has 2 aromatic heterocycles. The number of nitrogens with zero attached hydrogens (tertiary/aromatic N) is 1. The van der Waals surface area contributed by atoms with Crippen molar-refractivity contribution in [2.24, 2.45) is 5.92 Å². The molecule has 1 saturated carbocycles. The molecule has 168 valence electrons. The molecule has 1 aliphatic carbocycles. The lowest BCUT2D eigenvalue weighted by Crippen LogP contribution is -2.22. The number of esters is 1. The van der Waals surface area contributed by atoms with Gasteiger partial charge in [0.15, 0.2) is 6.61 Å². The number of furan rings is 1. The van der Waals surface area contributed by atoms with Gasteiger partial charge in [0, 0.05) is 22.4 Å². The van der Waals surface area contributed by atoms with Gasteiger partial charge < -0.3 is 14.5 Å². The maximum Gasteiger partial charge on any atom is 0.342 e. The van der Waals surface area contributed by atoms with Crippen molar-refractivity contribution in [2.45, 2.75) is 26.7 Å². The Hall–Kier alpha value is -3.90. The summed E-state index contributed by atoms with van der Waals surface area (Å²) in [5, 5.41) is 16.7. The number of carbonyl (C=O) groups excluding carboxylic acids is 3. The summed E-state index contributed by atoms with van der Waals surface area (Å²) in [6.45, 7) is 2.82. The van der Waals surface area contributed by atoms with E-state index in [2.05, 4.69) is 10.6 Å². The zero-order chi connectivity index (χ0) is 23.5. The van der Waals surface area contributed by atoms with Crippen molar-refractivity contribution in [1.82, 2.24) is 0 Å². The van der Waals surface area contributed by atoms with Gasteiger partial charge >= 0.3 is 5.97 Å². The molecule has 4 rings (SSSR count). The van der Waals surface area contributed by atoms with Gasteiger partial charge in [-0.2, -0.15) is 5.26 Å². The first-order valence-electron chi connectivity index (χ1n) is 10.3. The third-order valence-electron chi connectivity index (χ3n) is 5.35. The maximum absolute atomic E-state index is 13.0. The first-order valence-corrected chi connectivity index (χ1v) is 11.2. The summed E-state index contributed by atoms with van der Waals surface area (Å²) in [6, 6.07) is 11.2. The fourth-order valence-corrected chi connectivity index (χ4v) is 4.22. The second-order valence-corrected chi connectivity index (χ2v) is 8.59. The van der Waals surface area contributed by atoms with Crippen LogP contribution in [0.15, 0.2) is 40.1 Å². The van der Waals surface area contributed by atoms with Crippen molar-refractivity contribution in [3.8, 4) is 17.2 Å². The molecule has 2 amide bonds. The van der Waals surface area contributed by atoms with Gasteiger partial charge in [0.05, 0.1) is 0 Å². The Balaban J connectivity index is 1.51. The molecule has 9 heteroatoms. The van der Waals surface area contributed by atoms with Crippen LogP contribution in [0.4, 0.5) is 10.9 Å². The molecule has 33 heavy (non-hydrogen) atoms. The van der Waals surface area contributed by atoms with Crippen LogP contribution >= 0.6 is 11.3 Å². The molecule has 0 bridgehead atoms. The van der Waals surface area contributed by atoms with Gasteiger partial charge in [-0.15, -0.1) is 11.3 Å². The average molecular weight is 464 g/mol. The Labute approximate surface area is 194 Å². The second kappa shape index (κ2) is 9.30. The number of rotatable bonds is 7. The molecule has 2 N–H and O–H groups in total. The number of carbonyl (C=O) groups is 3. The van der Waals surface area contributed by atoms with Gasteiger partial charge in [0.25, 0.3) is 5.91 Å². The summed E-state index contributed by atoms with van der Waals surface area (Å²) in [4.78, 5) is 37.7. The molecule has 3 aromatic rings. The zero-order valence-electron chi connectivity index (χ0n) is 18.1. The lowest BCUT2D eigenvalue weighted by atomic mass is 10.0. The summed E-state index contributed by atoms with van der Waals surface area (Å²) >= 11 is 1.23. The number of benzene rings is 1. The number of hydrogen-bond acceptors (Lipinski definition) is 7. The van der Waals surface area contributed by atoms with E-state index in [1.807, 2.05) is 36.4 Å². The first-order chi connectivity index (χ1) is 15.9. The highest BCUT2D eigenvalue weighted by molar-refractivity contribution is 7.15. The molecule has 8 nitrogen and oxygen atoms in total. The van der Waals surface area contributed by atoms with Crippen LogP contribution in [0.3, 0.4) is 0 Å². The molecular weight excluding hydrogens is 442 g/mol. The lowest BCUT2D eigenvalue weighted by Gasteiger charge is -2.10. The normalized spacial score (nSPS) is 12.6. The van der Waals surface area contributed by atoms with Crippen LogP contribution < -0.4 is 10.6 Å². The average Bonchev–Trinajstić information content (AvgIpc) is 3.53. The predicted molar refractivity (Wildman–Crippen MR) is 123 cm³/mol. The van der Waals surface area contributed by atoms with Crippen LogP contribution in [0.5, 0.6) is 0 Å². The van der Waals surface area contributed by atoms with E-state index in [-0.39, 0.29) is 28.8 Å². The van der Waals surface area contributed by atoms with E-state index in [1.54, 1.807) is 19.2 Å². The molecule has 1 aromatic carbocycles. The Morgan fingerprint density at radius 3 is 2.58 bits per heavy atom. The fourth-order valence-electron chi connectivity index (χ4n) is 3.26. The monoisotopic (exact) mass is 463 g/mol. The van der Waals surface area contributed by atoms with Gasteiger partial charge in [-0.1, -0.05) is 30.3 Å².